The quantitative estimate of drug-likeness (QED) is 0.578. The minimum atomic E-state index is -0.516. The van der Waals surface area contributed by atoms with E-state index in [1.54, 1.807) is 12.1 Å². The van der Waals surface area contributed by atoms with E-state index >= 15 is 0 Å². The lowest BCUT2D eigenvalue weighted by Gasteiger charge is -2.19. The Morgan fingerprint density at radius 2 is 1.76 bits per heavy atom. The van der Waals surface area contributed by atoms with Gasteiger partial charge in [0.15, 0.2) is 0 Å². The van der Waals surface area contributed by atoms with E-state index in [0.717, 1.165) is 6.07 Å². The molecule has 0 aliphatic heterocycles. The Hall–Kier alpha value is -3.01. The van der Waals surface area contributed by atoms with Crippen LogP contribution in [0.5, 0.6) is 11.5 Å². The molecule has 0 spiro atoms. The van der Waals surface area contributed by atoms with Crippen LogP contribution in [0.1, 0.15) is 5.56 Å². The molecule has 0 fully saturated rings. The van der Waals surface area contributed by atoms with Crippen LogP contribution in [0, 0.1) is 17.1 Å². The maximum Gasteiger partial charge on any atom is 0.268 e. The van der Waals surface area contributed by atoms with E-state index in [-0.39, 0.29) is 15.6 Å². The molecular weight excluding hydrogens is 418 g/mol. The Labute approximate surface area is 176 Å². The van der Waals surface area contributed by atoms with Crippen LogP contribution in [-0.4, -0.2) is 18.8 Å². The van der Waals surface area contributed by atoms with Gasteiger partial charge in [0.25, 0.3) is 5.56 Å². The van der Waals surface area contributed by atoms with Crippen LogP contribution in [0.4, 0.5) is 4.39 Å². The average Bonchev–Trinajstić information content (AvgIpc) is 2.71. The molecule has 1 heterocycles. The highest BCUT2D eigenvalue weighted by Gasteiger charge is 2.22. The van der Waals surface area contributed by atoms with Crippen molar-refractivity contribution in [2.75, 3.05) is 14.2 Å². The summed E-state index contributed by atoms with van der Waals surface area (Å²) in [5.41, 5.74) is 1.09. The third-order valence-corrected chi connectivity index (χ3v) is 5.18. The maximum absolute atomic E-state index is 13.6. The largest absolute Gasteiger partial charge is 0.497 e. The fourth-order valence-corrected chi connectivity index (χ4v) is 3.61. The van der Waals surface area contributed by atoms with Gasteiger partial charge in [-0.15, -0.1) is 0 Å². The SMILES string of the molecule is COc1cc(OC)c(Cl)c(-c2cc(C#N)c(=O)n(C)c2-c2ccc(F)cc2Cl)c1. The van der Waals surface area contributed by atoms with Gasteiger partial charge >= 0.3 is 0 Å². The van der Waals surface area contributed by atoms with Crippen molar-refractivity contribution in [1.29, 1.82) is 5.26 Å². The second-order valence-corrected chi connectivity index (χ2v) is 6.90. The molecule has 0 aliphatic carbocycles. The number of hydrogen-bond donors (Lipinski definition) is 0. The van der Waals surface area contributed by atoms with Gasteiger partial charge < -0.3 is 14.0 Å². The molecule has 2 aromatic carbocycles. The van der Waals surface area contributed by atoms with E-state index in [1.807, 2.05) is 6.07 Å². The topological polar surface area (TPSA) is 64.2 Å². The van der Waals surface area contributed by atoms with E-state index in [4.69, 9.17) is 32.7 Å². The van der Waals surface area contributed by atoms with Gasteiger partial charge in [-0.2, -0.15) is 5.26 Å². The van der Waals surface area contributed by atoms with Crippen LogP contribution in [0.15, 0.2) is 41.2 Å². The molecule has 3 rings (SSSR count). The zero-order chi connectivity index (χ0) is 21.3. The molecule has 1 aromatic heterocycles. The Balaban J connectivity index is 2.49. The Kier molecular flexibility index (Phi) is 5.83. The second kappa shape index (κ2) is 8.16. The van der Waals surface area contributed by atoms with E-state index in [9.17, 15) is 14.4 Å². The molecule has 0 saturated carbocycles. The molecule has 0 bridgehead atoms. The number of hydrogen-bond acceptors (Lipinski definition) is 4. The summed E-state index contributed by atoms with van der Waals surface area (Å²) in [6, 6.07) is 10.4. The summed E-state index contributed by atoms with van der Waals surface area (Å²) >= 11 is 12.8. The minimum absolute atomic E-state index is 0.0812. The predicted molar refractivity (Wildman–Crippen MR) is 110 cm³/mol. The van der Waals surface area contributed by atoms with Crippen molar-refractivity contribution in [1.82, 2.24) is 4.57 Å². The highest BCUT2D eigenvalue weighted by atomic mass is 35.5. The van der Waals surface area contributed by atoms with Crippen molar-refractivity contribution in [3.63, 3.8) is 0 Å². The van der Waals surface area contributed by atoms with E-state index in [2.05, 4.69) is 0 Å². The summed E-state index contributed by atoms with van der Waals surface area (Å²) in [4.78, 5) is 12.6. The lowest BCUT2D eigenvalue weighted by Crippen LogP contribution is -2.22. The first-order valence-electron chi connectivity index (χ1n) is 8.33. The van der Waals surface area contributed by atoms with Gasteiger partial charge in [0.05, 0.1) is 30.0 Å². The fourth-order valence-electron chi connectivity index (χ4n) is 3.06. The first-order valence-corrected chi connectivity index (χ1v) is 9.09. The van der Waals surface area contributed by atoms with Crippen molar-refractivity contribution in [3.05, 3.63) is 68.2 Å². The molecule has 0 amide bonds. The highest BCUT2D eigenvalue weighted by Crippen LogP contribution is 2.43. The first kappa shape index (κ1) is 20.7. The van der Waals surface area contributed by atoms with Gasteiger partial charge in [-0.05, 0) is 30.3 Å². The molecular formula is C21H15Cl2FN2O3. The van der Waals surface area contributed by atoms with Crippen molar-refractivity contribution in [2.45, 2.75) is 0 Å². The zero-order valence-electron chi connectivity index (χ0n) is 15.7. The molecule has 5 nitrogen and oxygen atoms in total. The third-order valence-electron chi connectivity index (χ3n) is 4.48. The molecule has 0 radical (unpaired) electrons. The van der Waals surface area contributed by atoms with E-state index < -0.39 is 11.4 Å². The summed E-state index contributed by atoms with van der Waals surface area (Å²) in [6.45, 7) is 0. The maximum atomic E-state index is 13.6. The molecule has 8 heteroatoms. The normalized spacial score (nSPS) is 10.5. The zero-order valence-corrected chi connectivity index (χ0v) is 17.2. The smallest absolute Gasteiger partial charge is 0.268 e. The molecule has 0 atom stereocenters. The van der Waals surface area contributed by atoms with Crippen LogP contribution in [0.25, 0.3) is 22.4 Å². The summed E-state index contributed by atoms with van der Waals surface area (Å²) in [5, 5.41) is 9.78. The van der Waals surface area contributed by atoms with Crippen molar-refractivity contribution >= 4 is 23.2 Å². The number of pyridine rings is 1. The lowest BCUT2D eigenvalue weighted by molar-refractivity contribution is 0.395. The van der Waals surface area contributed by atoms with Crippen molar-refractivity contribution < 1.29 is 13.9 Å². The number of methoxy groups -OCH3 is 2. The van der Waals surface area contributed by atoms with E-state index in [1.165, 1.54) is 44.0 Å². The van der Waals surface area contributed by atoms with Crippen LogP contribution >= 0.6 is 23.2 Å². The Morgan fingerprint density at radius 3 is 2.34 bits per heavy atom. The van der Waals surface area contributed by atoms with Gasteiger partial charge in [-0.3, -0.25) is 4.79 Å². The summed E-state index contributed by atoms with van der Waals surface area (Å²) in [5.74, 6) is 0.300. The predicted octanol–water partition coefficient (Wildman–Crippen LogP) is 5.05. The Bertz CT molecular complexity index is 1220. The lowest BCUT2D eigenvalue weighted by atomic mass is 9.96. The second-order valence-electron chi connectivity index (χ2n) is 6.11. The number of rotatable bonds is 4. The van der Waals surface area contributed by atoms with E-state index in [0.29, 0.717) is 33.9 Å². The molecule has 148 valence electrons. The molecule has 29 heavy (non-hydrogen) atoms. The molecule has 0 unspecified atom stereocenters. The number of benzene rings is 2. The van der Waals surface area contributed by atoms with Crippen LogP contribution < -0.4 is 15.0 Å². The van der Waals surface area contributed by atoms with Crippen LogP contribution in [0.2, 0.25) is 10.0 Å². The van der Waals surface area contributed by atoms with Crippen LogP contribution in [-0.2, 0) is 7.05 Å². The minimum Gasteiger partial charge on any atom is -0.497 e. The number of halogens is 3. The average molecular weight is 433 g/mol. The number of nitrogens with zero attached hydrogens (tertiary/aromatic N) is 2. The van der Waals surface area contributed by atoms with Gasteiger partial charge in [0.2, 0.25) is 0 Å². The van der Waals surface area contributed by atoms with Gasteiger partial charge in [0.1, 0.15) is 28.9 Å². The molecule has 0 aliphatic rings. The molecule has 0 N–H and O–H groups in total. The molecule has 3 aromatic rings. The van der Waals surface area contributed by atoms with Crippen LogP contribution in [0.3, 0.4) is 0 Å². The number of nitriles is 1. The summed E-state index contributed by atoms with van der Waals surface area (Å²) in [7, 11) is 4.46. The van der Waals surface area contributed by atoms with Crippen molar-refractivity contribution in [3.8, 4) is 40.0 Å². The molecule has 0 saturated heterocycles. The first-order chi connectivity index (χ1) is 13.8. The van der Waals surface area contributed by atoms with Gasteiger partial charge in [-0.1, -0.05) is 23.2 Å². The van der Waals surface area contributed by atoms with Gasteiger partial charge in [0, 0.05) is 29.8 Å². The Morgan fingerprint density at radius 1 is 1.03 bits per heavy atom. The highest BCUT2D eigenvalue weighted by molar-refractivity contribution is 6.35. The number of ether oxygens (including phenoxy) is 2. The third kappa shape index (κ3) is 3.67. The van der Waals surface area contributed by atoms with Gasteiger partial charge in [-0.25, -0.2) is 4.39 Å². The summed E-state index contributed by atoms with van der Waals surface area (Å²) in [6.07, 6.45) is 0. The number of aromatic nitrogens is 1. The summed E-state index contributed by atoms with van der Waals surface area (Å²) < 4.78 is 25.5. The monoisotopic (exact) mass is 432 g/mol. The van der Waals surface area contributed by atoms with Crippen molar-refractivity contribution in [2.24, 2.45) is 7.05 Å². The standard InChI is InChI=1S/C21H15Cl2FN2O3/c1-26-20(14-5-4-12(24)7-17(14)22)16(6-11(10-25)21(26)27)15-8-13(28-2)9-18(29-3)19(15)23/h4-9H,1-3H3. The fraction of sp³-hybridized carbons (Fsp3) is 0.143.